The van der Waals surface area contributed by atoms with Gasteiger partial charge in [-0.3, -0.25) is 4.79 Å². The van der Waals surface area contributed by atoms with E-state index in [9.17, 15) is 4.79 Å². The van der Waals surface area contributed by atoms with Crippen molar-refractivity contribution in [3.05, 3.63) is 0 Å². The summed E-state index contributed by atoms with van der Waals surface area (Å²) in [5.41, 5.74) is 0. The van der Waals surface area contributed by atoms with E-state index in [1.165, 1.54) is 6.92 Å². The summed E-state index contributed by atoms with van der Waals surface area (Å²) in [4.78, 5) is 9.83. The Hall–Kier alpha value is 0.330. The highest BCUT2D eigenvalue weighted by atomic mass is 32.2. The number of thiol groups is 1. The maximum Gasteiger partial charge on any atom is 0.213 e. The first-order valence-electron chi connectivity index (χ1n) is 1.26. The standard InChI is InChI=1S/C2H4O2S2/c1-2(3)6-4-5/h5H,1H3. The van der Waals surface area contributed by atoms with Crippen molar-refractivity contribution in [1.82, 2.24) is 0 Å². The fourth-order valence-electron chi connectivity index (χ4n) is 0.0525. The van der Waals surface area contributed by atoms with Gasteiger partial charge in [0.05, 0.1) is 12.0 Å². The van der Waals surface area contributed by atoms with Crippen molar-refractivity contribution in [2.45, 2.75) is 6.92 Å². The van der Waals surface area contributed by atoms with Crippen molar-refractivity contribution in [3.63, 3.8) is 0 Å². The van der Waals surface area contributed by atoms with Crippen LogP contribution in [0, 0.1) is 0 Å². The van der Waals surface area contributed by atoms with E-state index in [0.29, 0.717) is 12.0 Å². The monoisotopic (exact) mass is 124 g/mol. The average molecular weight is 124 g/mol. The number of hydrogen-bond acceptors (Lipinski definition) is 4. The molecule has 0 N–H and O–H groups in total. The Balaban J connectivity index is 2.83. The molecule has 0 aliphatic carbocycles. The van der Waals surface area contributed by atoms with Gasteiger partial charge in [0.15, 0.2) is 0 Å². The Morgan fingerprint density at radius 2 is 2.50 bits per heavy atom. The van der Waals surface area contributed by atoms with Gasteiger partial charge < -0.3 is 0 Å². The third kappa shape index (κ3) is 4.33. The lowest BCUT2D eigenvalue weighted by Crippen LogP contribution is -1.75. The zero-order valence-electron chi connectivity index (χ0n) is 3.17. The van der Waals surface area contributed by atoms with Gasteiger partial charge in [-0.2, -0.15) is 0 Å². The predicted octanol–water partition coefficient (Wildman–Crippen LogP) is 1.04. The summed E-state index contributed by atoms with van der Waals surface area (Å²) in [6, 6.07) is 0. The molecule has 0 heterocycles. The topological polar surface area (TPSA) is 26.3 Å². The van der Waals surface area contributed by atoms with Crippen molar-refractivity contribution in [2.24, 2.45) is 0 Å². The molecule has 4 heteroatoms. The number of carbonyl (C=O) groups excluding carboxylic acids is 1. The number of carbonyl (C=O) groups is 1. The molecule has 0 rings (SSSR count). The highest BCUT2D eigenvalue weighted by molar-refractivity contribution is 8.13. The molecule has 0 fully saturated rings. The Morgan fingerprint density at radius 3 is 2.50 bits per heavy atom. The number of rotatable bonds is 1. The van der Waals surface area contributed by atoms with Crippen LogP contribution in [0.5, 0.6) is 0 Å². The van der Waals surface area contributed by atoms with Crippen LogP contribution in [0.3, 0.4) is 0 Å². The normalized spacial score (nSPS) is 8.33. The smallest absolute Gasteiger partial charge is 0.213 e. The van der Waals surface area contributed by atoms with Gasteiger partial charge in [0.1, 0.15) is 0 Å². The highest BCUT2D eigenvalue weighted by Gasteiger charge is 1.86. The van der Waals surface area contributed by atoms with E-state index >= 15 is 0 Å². The molecular weight excluding hydrogens is 120 g/mol. The van der Waals surface area contributed by atoms with Crippen LogP contribution < -0.4 is 0 Å². The second-order valence-corrected chi connectivity index (χ2v) is 1.99. The SMILES string of the molecule is CC(=O)SOS. The van der Waals surface area contributed by atoms with Crippen LogP contribution in [0.15, 0.2) is 0 Å². The van der Waals surface area contributed by atoms with Gasteiger partial charge in [0.2, 0.25) is 5.12 Å². The van der Waals surface area contributed by atoms with E-state index < -0.39 is 0 Å². The molecule has 6 heavy (non-hydrogen) atoms. The molecule has 0 amide bonds. The zero-order valence-corrected chi connectivity index (χ0v) is 4.88. The molecular formula is C2H4O2S2. The van der Waals surface area contributed by atoms with E-state index in [1.54, 1.807) is 0 Å². The van der Waals surface area contributed by atoms with Gasteiger partial charge >= 0.3 is 0 Å². The lowest BCUT2D eigenvalue weighted by atomic mass is 10.9. The summed E-state index contributed by atoms with van der Waals surface area (Å²) >= 11 is 4.01. The van der Waals surface area contributed by atoms with Crippen molar-refractivity contribution >= 4 is 30.1 Å². The molecule has 0 bridgehead atoms. The minimum absolute atomic E-state index is 0.0926. The summed E-state index contributed by atoms with van der Waals surface area (Å²) in [5.74, 6) is 0. The molecule has 0 aliphatic heterocycles. The molecule has 2 nitrogen and oxygen atoms in total. The van der Waals surface area contributed by atoms with Crippen LogP contribution in [0.4, 0.5) is 0 Å². The maximum absolute atomic E-state index is 9.83. The van der Waals surface area contributed by atoms with Crippen LogP contribution in [0.1, 0.15) is 6.92 Å². The Labute approximate surface area is 46.1 Å². The van der Waals surface area contributed by atoms with Crippen LogP contribution >= 0.6 is 25.0 Å². The second kappa shape index (κ2) is 3.52. The second-order valence-electron chi connectivity index (χ2n) is 0.649. The minimum atomic E-state index is -0.0926. The molecule has 0 saturated carbocycles. The molecule has 0 radical (unpaired) electrons. The Bertz CT molecular complexity index is 53.5. The summed E-state index contributed by atoms with van der Waals surface area (Å²) in [7, 11) is 0. The van der Waals surface area contributed by atoms with Gasteiger partial charge in [-0.15, -0.1) is 0 Å². The van der Waals surface area contributed by atoms with Crippen LogP contribution in [-0.2, 0) is 8.42 Å². The molecule has 36 valence electrons. The largest absolute Gasteiger partial charge is 0.285 e. The van der Waals surface area contributed by atoms with Crippen molar-refractivity contribution in [3.8, 4) is 0 Å². The molecule has 0 aromatic heterocycles. The molecule has 0 atom stereocenters. The zero-order chi connectivity index (χ0) is 4.99. The minimum Gasteiger partial charge on any atom is -0.285 e. The Morgan fingerprint density at radius 1 is 2.00 bits per heavy atom. The molecule has 0 aliphatic rings. The first-order valence-corrected chi connectivity index (χ1v) is 2.36. The lowest BCUT2D eigenvalue weighted by molar-refractivity contribution is -0.109. The highest BCUT2D eigenvalue weighted by Crippen LogP contribution is 2.03. The summed E-state index contributed by atoms with van der Waals surface area (Å²) in [6.45, 7) is 1.40. The quantitative estimate of drug-likeness (QED) is 0.418. The molecule has 0 unspecified atom stereocenters. The van der Waals surface area contributed by atoms with Gasteiger partial charge in [0.25, 0.3) is 0 Å². The first-order chi connectivity index (χ1) is 2.77. The summed E-state index contributed by atoms with van der Waals surface area (Å²) < 4.78 is 4.06. The lowest BCUT2D eigenvalue weighted by Gasteiger charge is -1.80. The van der Waals surface area contributed by atoms with Gasteiger partial charge in [-0.25, -0.2) is 3.63 Å². The van der Waals surface area contributed by atoms with Crippen molar-refractivity contribution in [2.75, 3.05) is 0 Å². The molecule has 0 aromatic carbocycles. The molecule has 0 aromatic rings. The Kier molecular flexibility index (Phi) is 3.71. The van der Waals surface area contributed by atoms with Crippen molar-refractivity contribution < 1.29 is 8.42 Å². The first kappa shape index (κ1) is 6.33. The van der Waals surface area contributed by atoms with Crippen LogP contribution in [0.25, 0.3) is 0 Å². The van der Waals surface area contributed by atoms with E-state index in [4.69, 9.17) is 0 Å². The van der Waals surface area contributed by atoms with E-state index in [-0.39, 0.29) is 5.12 Å². The summed E-state index contributed by atoms with van der Waals surface area (Å²) in [6.07, 6.45) is 0. The maximum atomic E-state index is 9.83. The van der Waals surface area contributed by atoms with E-state index in [1.807, 2.05) is 0 Å². The van der Waals surface area contributed by atoms with E-state index in [2.05, 4.69) is 16.5 Å². The van der Waals surface area contributed by atoms with E-state index in [0.717, 1.165) is 0 Å². The third-order valence-electron chi connectivity index (χ3n) is 0.155. The van der Waals surface area contributed by atoms with Crippen molar-refractivity contribution in [1.29, 1.82) is 0 Å². The third-order valence-corrected chi connectivity index (χ3v) is 0.687. The van der Waals surface area contributed by atoms with Crippen LogP contribution in [-0.4, -0.2) is 5.12 Å². The molecule has 0 spiro atoms. The predicted molar refractivity (Wildman–Crippen MR) is 28.3 cm³/mol. The average Bonchev–Trinajstić information content (AvgIpc) is 1.35. The van der Waals surface area contributed by atoms with Gasteiger partial charge in [-0.1, -0.05) is 0 Å². The number of hydrogen-bond donors (Lipinski definition) is 1. The molecule has 0 saturated heterocycles. The fraction of sp³-hybridized carbons (Fsp3) is 0.500. The van der Waals surface area contributed by atoms with Gasteiger partial charge in [0, 0.05) is 6.92 Å². The fourth-order valence-corrected chi connectivity index (χ4v) is 0.472. The van der Waals surface area contributed by atoms with Gasteiger partial charge in [-0.05, 0) is 12.9 Å². The van der Waals surface area contributed by atoms with Crippen LogP contribution in [0.2, 0.25) is 0 Å². The summed E-state index contributed by atoms with van der Waals surface area (Å²) in [5, 5.41) is -0.0926.